The van der Waals surface area contributed by atoms with Crippen molar-refractivity contribution < 1.29 is 13.2 Å². The molecule has 0 unspecified atom stereocenters. The smallest absolute Gasteiger partial charge is 0.241 e. The molecule has 0 heterocycles. The maximum absolute atomic E-state index is 12.6. The average Bonchev–Trinajstić information content (AvgIpc) is 3.07. The SMILES string of the molecule is C[C@@H](NC(=O)CN(c1ccccc1Br)S(C)(=O)=O)c1ccc2c(c1)CCC2. The topological polar surface area (TPSA) is 66.5 Å². The Bertz CT molecular complexity index is 959. The van der Waals surface area contributed by atoms with Gasteiger partial charge in [0.15, 0.2) is 0 Å². The fraction of sp³-hybridized carbons (Fsp3) is 0.350. The number of carbonyl (C=O) groups excluding carboxylic acids is 1. The van der Waals surface area contributed by atoms with E-state index in [1.54, 1.807) is 24.3 Å². The lowest BCUT2D eigenvalue weighted by Crippen LogP contribution is -2.41. The second-order valence-corrected chi connectivity index (χ2v) is 9.65. The van der Waals surface area contributed by atoms with E-state index in [1.807, 2.05) is 13.0 Å². The molecule has 1 aliphatic rings. The van der Waals surface area contributed by atoms with Crippen LogP contribution in [0.3, 0.4) is 0 Å². The van der Waals surface area contributed by atoms with Gasteiger partial charge in [0.2, 0.25) is 15.9 Å². The normalized spacial score (nSPS) is 14.5. The summed E-state index contributed by atoms with van der Waals surface area (Å²) in [7, 11) is -3.60. The zero-order chi connectivity index (χ0) is 19.6. The van der Waals surface area contributed by atoms with Crippen LogP contribution in [0.25, 0.3) is 0 Å². The lowest BCUT2D eigenvalue weighted by Gasteiger charge is -2.24. The Labute approximate surface area is 169 Å². The van der Waals surface area contributed by atoms with Crippen LogP contribution in [0.15, 0.2) is 46.9 Å². The Kier molecular flexibility index (Phi) is 5.91. The second kappa shape index (κ2) is 8.02. The minimum absolute atomic E-state index is 0.191. The van der Waals surface area contributed by atoms with Gasteiger partial charge in [-0.1, -0.05) is 30.3 Å². The van der Waals surface area contributed by atoms with E-state index in [1.165, 1.54) is 17.5 Å². The summed E-state index contributed by atoms with van der Waals surface area (Å²) in [5.41, 5.74) is 4.21. The molecule has 27 heavy (non-hydrogen) atoms. The zero-order valence-electron chi connectivity index (χ0n) is 15.4. The number of nitrogens with one attached hydrogen (secondary N) is 1. The van der Waals surface area contributed by atoms with Gasteiger partial charge < -0.3 is 5.32 Å². The van der Waals surface area contributed by atoms with Gasteiger partial charge in [-0.15, -0.1) is 0 Å². The first-order valence-corrected chi connectivity index (χ1v) is 11.5. The summed E-state index contributed by atoms with van der Waals surface area (Å²) >= 11 is 3.36. The zero-order valence-corrected chi connectivity index (χ0v) is 17.8. The molecular formula is C20H23BrN2O3S. The number of hydrogen-bond acceptors (Lipinski definition) is 3. The van der Waals surface area contributed by atoms with Crippen LogP contribution in [-0.4, -0.2) is 27.1 Å². The first-order valence-electron chi connectivity index (χ1n) is 8.89. The summed E-state index contributed by atoms with van der Waals surface area (Å²) in [6, 6.07) is 13.1. The first-order chi connectivity index (χ1) is 12.8. The van der Waals surface area contributed by atoms with Gasteiger partial charge in [-0.2, -0.15) is 0 Å². The molecule has 0 radical (unpaired) electrons. The summed E-state index contributed by atoms with van der Waals surface area (Å²) in [5, 5.41) is 2.92. The largest absolute Gasteiger partial charge is 0.348 e. The van der Waals surface area contributed by atoms with E-state index in [2.05, 4.69) is 33.4 Å². The van der Waals surface area contributed by atoms with Crippen molar-refractivity contribution in [1.82, 2.24) is 5.32 Å². The van der Waals surface area contributed by atoms with Gasteiger partial charge in [-0.3, -0.25) is 9.10 Å². The van der Waals surface area contributed by atoms with Gasteiger partial charge in [0.1, 0.15) is 6.54 Å². The highest BCUT2D eigenvalue weighted by Gasteiger charge is 2.23. The number of nitrogens with zero attached hydrogens (tertiary/aromatic N) is 1. The van der Waals surface area contributed by atoms with Gasteiger partial charge >= 0.3 is 0 Å². The molecule has 0 saturated heterocycles. The van der Waals surface area contributed by atoms with Crippen molar-refractivity contribution in [2.24, 2.45) is 0 Å². The van der Waals surface area contributed by atoms with E-state index in [0.29, 0.717) is 10.2 Å². The van der Waals surface area contributed by atoms with Crippen LogP contribution in [0, 0.1) is 0 Å². The number of amides is 1. The lowest BCUT2D eigenvalue weighted by atomic mass is 10.0. The van der Waals surface area contributed by atoms with Crippen molar-refractivity contribution in [1.29, 1.82) is 0 Å². The monoisotopic (exact) mass is 450 g/mol. The van der Waals surface area contributed by atoms with Gasteiger partial charge in [0.05, 0.1) is 18.0 Å². The third-order valence-corrected chi connectivity index (χ3v) is 6.61. The van der Waals surface area contributed by atoms with Crippen LogP contribution < -0.4 is 9.62 Å². The summed E-state index contributed by atoms with van der Waals surface area (Å²) in [6.07, 6.45) is 4.47. The molecule has 1 N–H and O–H groups in total. The van der Waals surface area contributed by atoms with E-state index in [0.717, 1.165) is 29.0 Å². The highest BCUT2D eigenvalue weighted by molar-refractivity contribution is 9.10. The number of aryl methyl sites for hydroxylation is 2. The highest BCUT2D eigenvalue weighted by Crippen LogP contribution is 2.28. The number of rotatable bonds is 6. The van der Waals surface area contributed by atoms with E-state index in [-0.39, 0.29) is 18.5 Å². The molecule has 0 spiro atoms. The molecule has 144 valence electrons. The predicted molar refractivity (Wildman–Crippen MR) is 111 cm³/mol. The Morgan fingerprint density at radius 1 is 1.19 bits per heavy atom. The van der Waals surface area contributed by atoms with Crippen LogP contribution >= 0.6 is 15.9 Å². The van der Waals surface area contributed by atoms with Crippen molar-refractivity contribution in [3.05, 3.63) is 63.6 Å². The van der Waals surface area contributed by atoms with Crippen molar-refractivity contribution in [2.45, 2.75) is 32.2 Å². The van der Waals surface area contributed by atoms with Gasteiger partial charge in [-0.25, -0.2) is 8.42 Å². The molecule has 0 bridgehead atoms. The summed E-state index contributed by atoms with van der Waals surface area (Å²) in [6.45, 7) is 1.65. The fourth-order valence-corrected chi connectivity index (χ4v) is 4.88. The number of carbonyl (C=O) groups is 1. The summed E-state index contributed by atoms with van der Waals surface area (Å²) in [4.78, 5) is 12.6. The molecule has 0 aliphatic heterocycles. The van der Waals surface area contributed by atoms with Crippen molar-refractivity contribution in [3.8, 4) is 0 Å². The molecule has 0 fully saturated rings. The number of fused-ring (bicyclic) bond motifs is 1. The fourth-order valence-electron chi connectivity index (χ4n) is 3.40. The molecule has 7 heteroatoms. The van der Waals surface area contributed by atoms with Crippen LogP contribution in [0.2, 0.25) is 0 Å². The molecule has 1 atom stereocenters. The molecule has 1 aliphatic carbocycles. The highest BCUT2D eigenvalue weighted by atomic mass is 79.9. The second-order valence-electron chi connectivity index (χ2n) is 6.89. The Morgan fingerprint density at radius 2 is 1.89 bits per heavy atom. The Morgan fingerprint density at radius 3 is 2.59 bits per heavy atom. The number of para-hydroxylation sites is 1. The molecule has 2 aromatic rings. The maximum atomic E-state index is 12.6. The number of sulfonamides is 1. The van der Waals surface area contributed by atoms with E-state index in [4.69, 9.17) is 0 Å². The lowest BCUT2D eigenvalue weighted by molar-refractivity contribution is -0.120. The molecule has 2 aromatic carbocycles. The minimum atomic E-state index is -3.60. The van der Waals surface area contributed by atoms with Gasteiger partial charge in [-0.05, 0) is 70.9 Å². The Balaban J connectivity index is 1.74. The number of benzene rings is 2. The van der Waals surface area contributed by atoms with Crippen molar-refractivity contribution in [3.63, 3.8) is 0 Å². The summed E-state index contributed by atoms with van der Waals surface area (Å²) < 4.78 is 26.2. The van der Waals surface area contributed by atoms with E-state index in [9.17, 15) is 13.2 Å². The summed E-state index contributed by atoms with van der Waals surface area (Å²) in [5.74, 6) is -0.343. The number of halogens is 1. The minimum Gasteiger partial charge on any atom is -0.348 e. The van der Waals surface area contributed by atoms with Crippen molar-refractivity contribution >= 4 is 37.5 Å². The number of hydrogen-bond donors (Lipinski definition) is 1. The van der Waals surface area contributed by atoms with Crippen LogP contribution in [0.5, 0.6) is 0 Å². The van der Waals surface area contributed by atoms with Crippen LogP contribution in [0.1, 0.15) is 36.1 Å². The maximum Gasteiger partial charge on any atom is 0.241 e. The molecular weight excluding hydrogens is 428 g/mol. The Hall–Kier alpha value is -1.86. The molecule has 3 rings (SSSR count). The third-order valence-electron chi connectivity index (χ3n) is 4.81. The quantitative estimate of drug-likeness (QED) is 0.730. The first kappa shape index (κ1) is 19.9. The average molecular weight is 451 g/mol. The van der Waals surface area contributed by atoms with Crippen LogP contribution in [0.4, 0.5) is 5.69 Å². The van der Waals surface area contributed by atoms with Crippen LogP contribution in [-0.2, 0) is 27.7 Å². The van der Waals surface area contributed by atoms with Gasteiger partial charge in [0.25, 0.3) is 0 Å². The third kappa shape index (κ3) is 4.71. The predicted octanol–water partition coefficient (Wildman–Crippen LogP) is 3.58. The standard InChI is InChI=1S/C20H23BrN2O3S/c1-14(16-11-10-15-6-5-7-17(15)12-16)22-20(24)13-23(27(2,25)26)19-9-4-3-8-18(19)21/h3-4,8-12,14H,5-7,13H2,1-2H3,(H,22,24)/t14-/m1/s1. The molecule has 1 amide bonds. The van der Waals surface area contributed by atoms with E-state index < -0.39 is 10.0 Å². The molecule has 0 saturated carbocycles. The van der Waals surface area contributed by atoms with Crippen molar-refractivity contribution in [2.75, 3.05) is 17.1 Å². The van der Waals surface area contributed by atoms with E-state index >= 15 is 0 Å². The number of anilines is 1. The van der Waals surface area contributed by atoms with Gasteiger partial charge in [0, 0.05) is 4.47 Å². The molecule has 0 aromatic heterocycles. The molecule has 5 nitrogen and oxygen atoms in total.